The summed E-state index contributed by atoms with van der Waals surface area (Å²) in [4.78, 5) is 16.7. The van der Waals surface area contributed by atoms with E-state index in [1.807, 2.05) is 47.0 Å². The topological polar surface area (TPSA) is 72.7 Å². The molecule has 1 aromatic carbocycles. The van der Waals surface area contributed by atoms with E-state index in [9.17, 15) is 4.79 Å². The van der Waals surface area contributed by atoms with E-state index in [0.29, 0.717) is 17.5 Å². The molecule has 0 aliphatic rings. The monoisotopic (exact) mass is 407 g/mol. The molecule has 0 spiro atoms. The van der Waals surface area contributed by atoms with Crippen LogP contribution in [0.3, 0.4) is 0 Å². The number of nitrogens with zero attached hydrogens (tertiary/aromatic N) is 4. The van der Waals surface area contributed by atoms with Crippen LogP contribution < -0.4 is 5.32 Å². The number of pyridine rings is 1. The average molecular weight is 408 g/mol. The molecule has 2 heterocycles. The number of benzene rings is 1. The van der Waals surface area contributed by atoms with Crippen molar-refractivity contribution < 1.29 is 4.79 Å². The molecule has 3 rings (SSSR count). The molecule has 0 bridgehead atoms. The van der Waals surface area contributed by atoms with Gasteiger partial charge in [0.25, 0.3) is 0 Å². The Labute approximate surface area is 175 Å². The second-order valence-electron chi connectivity index (χ2n) is 7.58. The molecule has 0 fully saturated rings. The van der Waals surface area contributed by atoms with Crippen LogP contribution in [0.5, 0.6) is 0 Å². The van der Waals surface area contributed by atoms with Crippen molar-refractivity contribution in [3.05, 3.63) is 66.9 Å². The van der Waals surface area contributed by atoms with Crippen molar-refractivity contribution in [2.24, 2.45) is 0 Å². The Kier molecular flexibility index (Phi) is 6.49. The third kappa shape index (κ3) is 5.32. The van der Waals surface area contributed by atoms with Crippen molar-refractivity contribution in [2.45, 2.75) is 37.9 Å². The van der Waals surface area contributed by atoms with Gasteiger partial charge in [0.1, 0.15) is 5.69 Å². The third-order valence-corrected chi connectivity index (χ3v) is 5.26. The van der Waals surface area contributed by atoms with Crippen molar-refractivity contribution in [1.29, 1.82) is 0 Å². The minimum absolute atomic E-state index is 0.0823. The number of hydrogen-bond donors (Lipinski definition) is 1. The van der Waals surface area contributed by atoms with Gasteiger partial charge in [0.2, 0.25) is 5.91 Å². The standard InChI is InChI=1S/C22H25N5OS/c1-5-14-27-20(18-8-6-7-13-23-18)25-26-21(27)29-15-19(28)24-17-11-9-16(10-12-17)22(2,3)4/h5-13H,1,14-15H2,2-4H3,(H,24,28). The molecular weight excluding hydrogens is 382 g/mol. The predicted octanol–water partition coefficient (Wildman–Crippen LogP) is 4.55. The van der Waals surface area contributed by atoms with Crippen LogP contribution in [0.4, 0.5) is 5.69 Å². The van der Waals surface area contributed by atoms with Gasteiger partial charge in [0.05, 0.1) is 5.75 Å². The average Bonchev–Trinajstić information content (AvgIpc) is 3.10. The van der Waals surface area contributed by atoms with Gasteiger partial charge >= 0.3 is 0 Å². The van der Waals surface area contributed by atoms with E-state index in [1.54, 1.807) is 12.3 Å². The Hall–Kier alpha value is -2.93. The first kappa shape index (κ1) is 20.8. The highest BCUT2D eigenvalue weighted by molar-refractivity contribution is 7.99. The summed E-state index contributed by atoms with van der Waals surface area (Å²) >= 11 is 1.34. The lowest BCUT2D eigenvalue weighted by Crippen LogP contribution is -2.15. The summed E-state index contributed by atoms with van der Waals surface area (Å²) in [6.45, 7) is 10.8. The van der Waals surface area contributed by atoms with E-state index >= 15 is 0 Å². The molecule has 150 valence electrons. The Balaban J connectivity index is 1.66. The van der Waals surface area contributed by atoms with Crippen molar-refractivity contribution in [1.82, 2.24) is 19.7 Å². The largest absolute Gasteiger partial charge is 0.325 e. The molecule has 0 aliphatic heterocycles. The first-order valence-corrected chi connectivity index (χ1v) is 10.4. The molecule has 6 nitrogen and oxygen atoms in total. The molecule has 1 N–H and O–H groups in total. The number of amides is 1. The molecular formula is C22H25N5OS. The summed E-state index contributed by atoms with van der Waals surface area (Å²) in [5.74, 6) is 0.802. The fraction of sp³-hybridized carbons (Fsp3) is 0.273. The SMILES string of the molecule is C=CCn1c(SCC(=O)Nc2ccc(C(C)(C)C)cc2)nnc1-c1ccccn1. The summed E-state index contributed by atoms with van der Waals surface area (Å²) in [5.41, 5.74) is 2.82. The lowest BCUT2D eigenvalue weighted by atomic mass is 9.87. The fourth-order valence-electron chi connectivity index (χ4n) is 2.75. The lowest BCUT2D eigenvalue weighted by molar-refractivity contribution is -0.113. The maximum absolute atomic E-state index is 12.4. The number of anilines is 1. The molecule has 0 aliphatic carbocycles. The highest BCUT2D eigenvalue weighted by atomic mass is 32.2. The number of rotatable bonds is 7. The Morgan fingerprint density at radius 2 is 1.93 bits per heavy atom. The zero-order chi connectivity index (χ0) is 20.9. The maximum atomic E-state index is 12.4. The van der Waals surface area contributed by atoms with Gasteiger partial charge in [-0.05, 0) is 35.2 Å². The van der Waals surface area contributed by atoms with Crippen LogP contribution in [-0.4, -0.2) is 31.4 Å². The fourth-order valence-corrected chi connectivity index (χ4v) is 3.50. The van der Waals surface area contributed by atoms with Gasteiger partial charge in [0.15, 0.2) is 11.0 Å². The van der Waals surface area contributed by atoms with Crippen LogP contribution in [0.25, 0.3) is 11.5 Å². The second kappa shape index (κ2) is 9.05. The quantitative estimate of drug-likeness (QED) is 0.459. The summed E-state index contributed by atoms with van der Waals surface area (Å²) in [7, 11) is 0. The van der Waals surface area contributed by atoms with E-state index in [2.05, 4.69) is 47.8 Å². The van der Waals surface area contributed by atoms with Gasteiger partial charge in [-0.3, -0.25) is 14.3 Å². The summed E-state index contributed by atoms with van der Waals surface area (Å²) in [5, 5.41) is 12.1. The Morgan fingerprint density at radius 3 is 2.55 bits per heavy atom. The Bertz CT molecular complexity index is 975. The molecule has 3 aromatic rings. The highest BCUT2D eigenvalue weighted by Gasteiger charge is 2.16. The van der Waals surface area contributed by atoms with Gasteiger partial charge < -0.3 is 5.32 Å². The van der Waals surface area contributed by atoms with Crippen molar-refractivity contribution in [3.8, 4) is 11.5 Å². The van der Waals surface area contributed by atoms with Crippen LogP contribution in [0, 0.1) is 0 Å². The molecule has 0 saturated heterocycles. The Morgan fingerprint density at radius 1 is 1.17 bits per heavy atom. The summed E-state index contributed by atoms with van der Waals surface area (Å²) < 4.78 is 1.91. The zero-order valence-corrected chi connectivity index (χ0v) is 17.7. The third-order valence-electron chi connectivity index (χ3n) is 4.29. The van der Waals surface area contributed by atoms with Crippen LogP contribution in [-0.2, 0) is 16.8 Å². The second-order valence-corrected chi connectivity index (χ2v) is 8.53. The molecule has 1 amide bonds. The van der Waals surface area contributed by atoms with Crippen molar-refractivity contribution in [2.75, 3.05) is 11.1 Å². The maximum Gasteiger partial charge on any atom is 0.234 e. The first-order valence-electron chi connectivity index (χ1n) is 9.37. The molecule has 7 heteroatoms. The highest BCUT2D eigenvalue weighted by Crippen LogP contribution is 2.25. The summed E-state index contributed by atoms with van der Waals surface area (Å²) in [6.07, 6.45) is 3.49. The number of thioether (sulfide) groups is 1. The number of hydrogen-bond acceptors (Lipinski definition) is 5. The molecule has 0 saturated carbocycles. The molecule has 2 aromatic heterocycles. The van der Waals surface area contributed by atoms with E-state index in [-0.39, 0.29) is 17.1 Å². The van der Waals surface area contributed by atoms with Gasteiger partial charge in [-0.1, -0.05) is 56.8 Å². The number of allylic oxidation sites excluding steroid dienone is 1. The number of aromatic nitrogens is 4. The molecule has 0 atom stereocenters. The molecule has 0 radical (unpaired) electrons. The number of carbonyl (C=O) groups excluding carboxylic acids is 1. The van der Waals surface area contributed by atoms with Crippen LogP contribution in [0.2, 0.25) is 0 Å². The van der Waals surface area contributed by atoms with E-state index in [1.165, 1.54) is 17.3 Å². The predicted molar refractivity (Wildman–Crippen MR) is 118 cm³/mol. The van der Waals surface area contributed by atoms with Gasteiger partial charge in [-0.25, -0.2) is 0 Å². The van der Waals surface area contributed by atoms with Gasteiger partial charge in [-0.15, -0.1) is 16.8 Å². The van der Waals surface area contributed by atoms with E-state index < -0.39 is 0 Å². The first-order chi connectivity index (χ1) is 13.9. The lowest BCUT2D eigenvalue weighted by Gasteiger charge is -2.19. The number of nitrogens with one attached hydrogen (secondary N) is 1. The number of carbonyl (C=O) groups is 1. The minimum atomic E-state index is -0.0916. The van der Waals surface area contributed by atoms with Crippen LogP contribution >= 0.6 is 11.8 Å². The molecule has 29 heavy (non-hydrogen) atoms. The molecule has 0 unspecified atom stereocenters. The van der Waals surface area contributed by atoms with Crippen molar-refractivity contribution in [3.63, 3.8) is 0 Å². The smallest absolute Gasteiger partial charge is 0.234 e. The van der Waals surface area contributed by atoms with Crippen LogP contribution in [0.15, 0.2) is 66.5 Å². The summed E-state index contributed by atoms with van der Waals surface area (Å²) in [6, 6.07) is 13.6. The van der Waals surface area contributed by atoms with E-state index in [4.69, 9.17) is 0 Å². The van der Waals surface area contributed by atoms with Crippen molar-refractivity contribution >= 4 is 23.4 Å². The zero-order valence-electron chi connectivity index (χ0n) is 16.9. The minimum Gasteiger partial charge on any atom is -0.325 e. The van der Waals surface area contributed by atoms with E-state index in [0.717, 1.165) is 11.4 Å². The van der Waals surface area contributed by atoms with Gasteiger partial charge in [0, 0.05) is 18.4 Å². The van der Waals surface area contributed by atoms with Gasteiger partial charge in [-0.2, -0.15) is 0 Å². The normalized spacial score (nSPS) is 11.3. The van der Waals surface area contributed by atoms with Crippen LogP contribution in [0.1, 0.15) is 26.3 Å².